The molecule has 0 atom stereocenters. The third-order valence-electron chi connectivity index (χ3n) is 3.75. The van der Waals surface area contributed by atoms with Gasteiger partial charge >= 0.3 is 0 Å². The molecule has 0 radical (unpaired) electrons. The molecule has 2 aliphatic rings. The maximum absolute atomic E-state index is 5.84. The van der Waals surface area contributed by atoms with Crippen LogP contribution in [0.5, 0.6) is 0 Å². The van der Waals surface area contributed by atoms with E-state index in [2.05, 4.69) is 17.6 Å². The predicted octanol–water partition coefficient (Wildman–Crippen LogP) is 1.29. The van der Waals surface area contributed by atoms with Crippen molar-refractivity contribution < 1.29 is 4.74 Å². The zero-order chi connectivity index (χ0) is 10.6. The summed E-state index contributed by atoms with van der Waals surface area (Å²) in [4.78, 5) is 0. The number of rotatable bonds is 5. The Hall–Kier alpha value is -0.120. The SMILES string of the molecule is CC1(NCCOC2CCNCC2)CCC1. The lowest BCUT2D eigenvalue weighted by Crippen LogP contribution is -2.49. The lowest BCUT2D eigenvalue weighted by Gasteiger charge is -2.39. The van der Waals surface area contributed by atoms with E-state index in [9.17, 15) is 0 Å². The van der Waals surface area contributed by atoms with Gasteiger partial charge in [0.1, 0.15) is 0 Å². The van der Waals surface area contributed by atoms with E-state index in [0.717, 1.165) is 26.2 Å². The second-order valence-corrected chi connectivity index (χ2v) is 5.16. The summed E-state index contributed by atoms with van der Waals surface area (Å²) in [6, 6.07) is 0. The van der Waals surface area contributed by atoms with Gasteiger partial charge in [0.2, 0.25) is 0 Å². The van der Waals surface area contributed by atoms with E-state index in [-0.39, 0.29) is 0 Å². The van der Waals surface area contributed by atoms with E-state index < -0.39 is 0 Å². The average Bonchev–Trinajstić information content (AvgIpc) is 2.23. The second kappa shape index (κ2) is 5.28. The molecule has 15 heavy (non-hydrogen) atoms. The largest absolute Gasteiger partial charge is 0.377 e. The third kappa shape index (κ3) is 3.44. The Labute approximate surface area is 93.0 Å². The van der Waals surface area contributed by atoms with Crippen LogP contribution in [0.2, 0.25) is 0 Å². The van der Waals surface area contributed by atoms with Crippen molar-refractivity contribution in [1.82, 2.24) is 10.6 Å². The molecule has 3 heteroatoms. The summed E-state index contributed by atoms with van der Waals surface area (Å²) in [7, 11) is 0. The van der Waals surface area contributed by atoms with Crippen molar-refractivity contribution in [3.8, 4) is 0 Å². The minimum atomic E-state index is 0.428. The molecule has 0 amide bonds. The first-order valence-corrected chi connectivity index (χ1v) is 6.36. The Kier molecular flexibility index (Phi) is 4.00. The van der Waals surface area contributed by atoms with Gasteiger partial charge in [-0.25, -0.2) is 0 Å². The molecule has 2 fully saturated rings. The molecule has 0 aromatic rings. The molecule has 0 aromatic carbocycles. The van der Waals surface area contributed by atoms with Gasteiger partial charge in [0.15, 0.2) is 0 Å². The Morgan fingerprint density at radius 3 is 2.67 bits per heavy atom. The van der Waals surface area contributed by atoms with Crippen LogP contribution in [0.3, 0.4) is 0 Å². The zero-order valence-corrected chi connectivity index (χ0v) is 9.85. The molecule has 1 heterocycles. The summed E-state index contributed by atoms with van der Waals surface area (Å²) in [5.41, 5.74) is 0.428. The number of piperidine rings is 1. The summed E-state index contributed by atoms with van der Waals surface area (Å²) >= 11 is 0. The number of nitrogens with one attached hydrogen (secondary N) is 2. The molecule has 88 valence electrons. The van der Waals surface area contributed by atoms with Gasteiger partial charge in [0.05, 0.1) is 12.7 Å². The van der Waals surface area contributed by atoms with Crippen molar-refractivity contribution in [2.75, 3.05) is 26.2 Å². The van der Waals surface area contributed by atoms with Crippen LogP contribution >= 0.6 is 0 Å². The van der Waals surface area contributed by atoms with Gasteiger partial charge in [0, 0.05) is 12.1 Å². The summed E-state index contributed by atoms with van der Waals surface area (Å²) in [6.07, 6.45) is 6.91. The van der Waals surface area contributed by atoms with Crippen molar-refractivity contribution in [3.05, 3.63) is 0 Å². The Balaban J connectivity index is 1.50. The summed E-state index contributed by atoms with van der Waals surface area (Å²) in [5.74, 6) is 0. The molecule has 0 unspecified atom stereocenters. The Bertz CT molecular complexity index is 186. The van der Waals surface area contributed by atoms with Gasteiger partial charge in [-0.2, -0.15) is 0 Å². The van der Waals surface area contributed by atoms with Crippen LogP contribution in [-0.2, 0) is 4.74 Å². The lowest BCUT2D eigenvalue weighted by atomic mass is 9.78. The summed E-state index contributed by atoms with van der Waals surface area (Å²) < 4.78 is 5.84. The van der Waals surface area contributed by atoms with Gasteiger partial charge in [-0.3, -0.25) is 0 Å². The number of hydrogen-bond acceptors (Lipinski definition) is 3. The normalized spacial score (nSPS) is 26.2. The monoisotopic (exact) mass is 212 g/mol. The molecule has 0 aromatic heterocycles. The van der Waals surface area contributed by atoms with E-state index in [4.69, 9.17) is 4.74 Å². The first-order chi connectivity index (χ1) is 7.29. The van der Waals surface area contributed by atoms with Crippen LogP contribution in [0.15, 0.2) is 0 Å². The lowest BCUT2D eigenvalue weighted by molar-refractivity contribution is 0.0292. The predicted molar refractivity (Wildman–Crippen MR) is 62.1 cm³/mol. The van der Waals surface area contributed by atoms with Crippen LogP contribution in [0.25, 0.3) is 0 Å². The van der Waals surface area contributed by atoms with Crippen molar-refractivity contribution in [2.24, 2.45) is 0 Å². The molecular formula is C12H24N2O. The third-order valence-corrected chi connectivity index (χ3v) is 3.75. The van der Waals surface area contributed by atoms with E-state index >= 15 is 0 Å². The first kappa shape index (κ1) is 11.4. The van der Waals surface area contributed by atoms with Gasteiger partial charge < -0.3 is 15.4 Å². The fourth-order valence-corrected chi connectivity index (χ4v) is 2.42. The highest BCUT2D eigenvalue weighted by Crippen LogP contribution is 2.30. The van der Waals surface area contributed by atoms with Gasteiger partial charge in [0.25, 0.3) is 0 Å². The van der Waals surface area contributed by atoms with Crippen molar-refractivity contribution >= 4 is 0 Å². The van der Waals surface area contributed by atoms with Crippen molar-refractivity contribution in [3.63, 3.8) is 0 Å². The van der Waals surface area contributed by atoms with E-state index in [1.54, 1.807) is 0 Å². The fourth-order valence-electron chi connectivity index (χ4n) is 2.42. The second-order valence-electron chi connectivity index (χ2n) is 5.16. The Morgan fingerprint density at radius 2 is 2.07 bits per heavy atom. The van der Waals surface area contributed by atoms with Crippen molar-refractivity contribution in [2.45, 2.75) is 50.7 Å². The fraction of sp³-hybridized carbons (Fsp3) is 1.00. The quantitative estimate of drug-likeness (QED) is 0.674. The molecule has 2 N–H and O–H groups in total. The molecule has 2 rings (SSSR count). The van der Waals surface area contributed by atoms with Gasteiger partial charge in [-0.15, -0.1) is 0 Å². The molecule has 0 spiro atoms. The van der Waals surface area contributed by atoms with Crippen LogP contribution in [0.1, 0.15) is 39.0 Å². The first-order valence-electron chi connectivity index (χ1n) is 6.36. The minimum absolute atomic E-state index is 0.428. The number of hydrogen-bond donors (Lipinski definition) is 2. The van der Waals surface area contributed by atoms with Gasteiger partial charge in [-0.1, -0.05) is 0 Å². The van der Waals surface area contributed by atoms with Crippen molar-refractivity contribution in [1.29, 1.82) is 0 Å². The molecule has 1 saturated carbocycles. The molecule has 3 nitrogen and oxygen atoms in total. The van der Waals surface area contributed by atoms with E-state index in [0.29, 0.717) is 11.6 Å². The smallest absolute Gasteiger partial charge is 0.0600 e. The maximum atomic E-state index is 5.84. The van der Waals surface area contributed by atoms with Crippen LogP contribution in [-0.4, -0.2) is 37.9 Å². The molecular weight excluding hydrogens is 188 g/mol. The average molecular weight is 212 g/mol. The highest BCUT2D eigenvalue weighted by atomic mass is 16.5. The topological polar surface area (TPSA) is 33.3 Å². The van der Waals surface area contributed by atoms with Gasteiger partial charge in [-0.05, 0) is 52.1 Å². The maximum Gasteiger partial charge on any atom is 0.0600 e. The number of ether oxygens (including phenoxy) is 1. The highest BCUT2D eigenvalue weighted by molar-refractivity contribution is 4.91. The molecule has 0 bridgehead atoms. The molecule has 1 saturated heterocycles. The van der Waals surface area contributed by atoms with E-state index in [1.807, 2.05) is 0 Å². The zero-order valence-electron chi connectivity index (χ0n) is 9.85. The highest BCUT2D eigenvalue weighted by Gasteiger charge is 2.30. The van der Waals surface area contributed by atoms with Crippen LogP contribution < -0.4 is 10.6 Å². The minimum Gasteiger partial charge on any atom is -0.377 e. The summed E-state index contributed by atoms with van der Waals surface area (Å²) in [5, 5.41) is 6.95. The van der Waals surface area contributed by atoms with Crippen LogP contribution in [0.4, 0.5) is 0 Å². The standard InChI is InChI=1S/C12H24N2O/c1-12(5-2-6-12)14-9-10-15-11-3-7-13-8-4-11/h11,13-14H,2-10H2,1H3. The van der Waals surface area contributed by atoms with E-state index in [1.165, 1.54) is 32.1 Å². The summed E-state index contributed by atoms with van der Waals surface area (Å²) in [6.45, 7) is 6.45. The van der Waals surface area contributed by atoms with Crippen LogP contribution in [0, 0.1) is 0 Å². The molecule has 1 aliphatic carbocycles. The molecule has 1 aliphatic heterocycles. The Morgan fingerprint density at radius 1 is 1.33 bits per heavy atom.